The van der Waals surface area contributed by atoms with Crippen molar-refractivity contribution >= 4 is 68.8 Å². The smallest absolute Gasteiger partial charge is 0.871 e. The third-order valence-electron chi connectivity index (χ3n) is 15.4. The number of nitrogens with zero attached hydrogens (tertiary/aromatic N) is 20. The molecule has 6 heterocycles. The number of non-ortho nitro benzene ring substituents is 2. The quantitative estimate of drug-likeness (QED) is 0.0135. The topological polar surface area (TPSA) is 520 Å². The average molecular weight is 1540 g/mol. The molecule has 0 aliphatic rings. The molecule has 0 amide bonds. The van der Waals surface area contributed by atoms with Crippen molar-refractivity contribution in [3.63, 3.8) is 0 Å². The summed E-state index contributed by atoms with van der Waals surface area (Å²) < 4.78 is 8.03. The number of aromatic nitrogens is 8. The Morgan fingerprint density at radius 3 is 1.19 bits per heavy atom. The van der Waals surface area contributed by atoms with E-state index in [1.807, 2.05) is 50.1 Å². The van der Waals surface area contributed by atoms with E-state index < -0.39 is 68.0 Å². The summed E-state index contributed by atoms with van der Waals surface area (Å²) in [6.45, 7) is 10.7. The molecule has 2 atom stereocenters. The van der Waals surface area contributed by atoms with Crippen LogP contribution in [-0.4, -0.2) is 129 Å². The summed E-state index contributed by atoms with van der Waals surface area (Å²) in [7, 11) is 7.68. The summed E-state index contributed by atoms with van der Waals surface area (Å²) in [4.78, 5) is 96.4. The minimum Gasteiger partial charge on any atom is -0.871 e. The first-order valence-electron chi connectivity index (χ1n) is 32.5. The van der Waals surface area contributed by atoms with Crippen LogP contribution in [0.1, 0.15) is 49.2 Å². The molecule has 0 fully saturated rings. The van der Waals surface area contributed by atoms with Gasteiger partial charge in [-0.15, -0.1) is 31.8 Å². The van der Waals surface area contributed by atoms with E-state index in [0.29, 0.717) is 71.2 Å². The summed E-state index contributed by atoms with van der Waals surface area (Å²) >= 11 is 0. The monoisotopic (exact) mass is 1540 g/mol. The number of hydrogen-bond donors (Lipinski definition) is 5. The first kappa shape index (κ1) is 84.7. The zero-order valence-corrected chi connectivity index (χ0v) is 61.2. The van der Waals surface area contributed by atoms with Crippen molar-refractivity contribution in [1.29, 1.82) is 0 Å². The minimum absolute atomic E-state index is 0. The number of aryl methyl sites for hydroxylation is 2. The summed E-state index contributed by atoms with van der Waals surface area (Å²) in [6.07, 6.45) is 5.68. The summed E-state index contributed by atoms with van der Waals surface area (Å²) in [5.41, 5.74) is 0.395. The maximum atomic E-state index is 13.5. The van der Waals surface area contributed by atoms with Gasteiger partial charge in [0.2, 0.25) is 5.88 Å². The van der Waals surface area contributed by atoms with Gasteiger partial charge in [0.05, 0.1) is 43.7 Å². The normalized spacial score (nSPS) is 11.8. The van der Waals surface area contributed by atoms with Crippen molar-refractivity contribution in [1.82, 2.24) is 38.5 Å². The number of aromatic hydroxyl groups is 1. The van der Waals surface area contributed by atoms with Gasteiger partial charge in [0.25, 0.3) is 33.9 Å². The average Bonchev–Trinajstić information content (AvgIpc) is 1.61. The SMILES string of the molecule is CC(O)C(=O)O.CC(O)C(=O)O.Cc1[n-]n(-c2ccc(N=Nc3c(C)c(-[n+]4ccccc4)c(=O)n(CCCN(C)C)c3O)cc2)c(=O)c1N=Nc1ccc([N+](=O)[O-])cc1[O-].Cc1[n-]n(-c2ccc(N=Nc3c(C)c(-[n+]4ccccc4)c(=O)n(CCCN(C)C)c3[O-])cc2)c(=O)c1N=Nc1ccc([N+](=O)[O-])cc1[O-].[Fe+3]. The molecule has 0 spiro atoms. The summed E-state index contributed by atoms with van der Waals surface area (Å²) in [5.74, 6) is -4.63. The van der Waals surface area contributed by atoms with Crippen LogP contribution in [0.2, 0.25) is 0 Å². The Balaban J connectivity index is 0.000000293. The number of pyridine rings is 4. The van der Waals surface area contributed by atoms with E-state index in [1.54, 1.807) is 134 Å². The Bertz CT molecular complexity index is 4960. The molecule has 5 N–H and O–H groups in total. The molecule has 39 heteroatoms. The number of aliphatic carboxylic acids is 2. The molecule has 0 saturated heterocycles. The Morgan fingerprint density at radius 1 is 0.505 bits per heavy atom. The Kier molecular flexibility index (Phi) is 30.1. The van der Waals surface area contributed by atoms with E-state index in [2.05, 4.69) is 51.1 Å². The number of hydrogen-bond acceptors (Lipinski definition) is 26. The standard InChI is InChI=1S/2C32H32N10O6.2C3H6O3.Fe/c2*1-20-27(30(44)40(18-8-15-38(3)4)32(46)29(20)39-16-6-5-7-17-39)35-33-22-9-11-23(12-10-22)41-31(45)28(21(2)37-41)36-34-25-14-13-24(42(47)48)19-26(25)43;2*1-2(4)3(5)6;/h2*5-7,9-14,16-17,19H,8,15,18H2,1-4H3,(H2-,33,34,35,36,37,43,44,45,46);2*2,4H,1H3,(H,5,6);/q;;;;+3/p-3. The van der Waals surface area contributed by atoms with Gasteiger partial charge < -0.3 is 74.8 Å². The third-order valence-corrected chi connectivity index (χ3v) is 15.4. The van der Waals surface area contributed by atoms with Crippen molar-refractivity contribution < 1.29 is 86.5 Å². The van der Waals surface area contributed by atoms with Crippen LogP contribution in [0.25, 0.3) is 22.7 Å². The minimum atomic E-state index is -1.23. The molecule has 0 aliphatic carbocycles. The van der Waals surface area contributed by atoms with Crippen LogP contribution < -0.4 is 56.9 Å². The predicted molar refractivity (Wildman–Crippen MR) is 382 cm³/mol. The Hall–Kier alpha value is -13.2. The van der Waals surface area contributed by atoms with Gasteiger partial charge >= 0.3 is 40.1 Å². The molecule has 10 rings (SSSR count). The maximum Gasteiger partial charge on any atom is 3.00 e. The van der Waals surface area contributed by atoms with E-state index in [0.717, 1.165) is 45.8 Å². The van der Waals surface area contributed by atoms with Crippen molar-refractivity contribution in [3.8, 4) is 46.0 Å². The molecule has 109 heavy (non-hydrogen) atoms. The van der Waals surface area contributed by atoms with E-state index in [4.69, 9.17) is 20.4 Å². The number of rotatable bonds is 24. The molecule has 10 aromatic rings. The van der Waals surface area contributed by atoms with Gasteiger partial charge in [0.1, 0.15) is 29.3 Å². The van der Waals surface area contributed by atoms with Crippen LogP contribution in [0.15, 0.2) is 206 Å². The molecule has 6 aromatic heterocycles. The second-order valence-corrected chi connectivity index (χ2v) is 24.0. The molecule has 38 nitrogen and oxygen atoms in total. The molecule has 1 radical (unpaired) electrons. The second-order valence-electron chi connectivity index (χ2n) is 24.0. The summed E-state index contributed by atoms with van der Waals surface area (Å²) in [5, 5.41) is 143. The number of aliphatic hydroxyl groups excluding tert-OH is 2. The second kappa shape index (κ2) is 38.7. The van der Waals surface area contributed by atoms with Gasteiger partial charge in [0, 0.05) is 73.0 Å². The molecule has 2 unspecified atom stereocenters. The first-order valence-corrected chi connectivity index (χ1v) is 32.5. The fourth-order valence-corrected chi connectivity index (χ4v) is 9.73. The fourth-order valence-electron chi connectivity index (χ4n) is 9.73. The number of carboxylic acid groups (broad SMARTS) is 2. The Labute approximate surface area is 629 Å². The van der Waals surface area contributed by atoms with E-state index in [9.17, 15) is 69.4 Å². The molecule has 569 valence electrons. The van der Waals surface area contributed by atoms with Gasteiger partial charge in [-0.25, -0.2) is 9.59 Å². The number of carboxylic acids is 2. The van der Waals surface area contributed by atoms with Gasteiger partial charge in [-0.05, 0) is 148 Å². The van der Waals surface area contributed by atoms with Crippen molar-refractivity contribution in [3.05, 3.63) is 230 Å². The number of azo groups is 4. The van der Waals surface area contributed by atoms with Crippen LogP contribution in [-0.2, 0) is 39.7 Å². The van der Waals surface area contributed by atoms with Crippen LogP contribution in [0, 0.1) is 47.9 Å². The molecular weight excluding hydrogens is 1460 g/mol. The van der Waals surface area contributed by atoms with Crippen LogP contribution in [0.4, 0.5) is 56.9 Å². The van der Waals surface area contributed by atoms with Crippen molar-refractivity contribution in [2.75, 3.05) is 41.3 Å². The summed E-state index contributed by atoms with van der Waals surface area (Å²) in [6, 6.07) is 29.7. The maximum absolute atomic E-state index is 13.5. The molecule has 0 bridgehead atoms. The van der Waals surface area contributed by atoms with Crippen molar-refractivity contribution in [2.45, 2.75) is 79.7 Å². The van der Waals surface area contributed by atoms with E-state index in [-0.39, 0.29) is 98.5 Å². The number of carbonyl (C=O) groups is 2. The van der Waals surface area contributed by atoms with E-state index >= 15 is 0 Å². The largest absolute Gasteiger partial charge is 3.00 e. The van der Waals surface area contributed by atoms with Gasteiger partial charge in [-0.2, -0.15) is 29.6 Å². The number of benzene rings is 4. The van der Waals surface area contributed by atoms with Gasteiger partial charge in [-0.3, -0.25) is 44.0 Å². The number of aliphatic hydroxyl groups is 2. The first-order chi connectivity index (χ1) is 51.2. The zero-order chi connectivity index (χ0) is 79.4. The van der Waals surface area contributed by atoms with Gasteiger partial charge in [0.15, 0.2) is 30.5 Å². The van der Waals surface area contributed by atoms with Crippen LogP contribution >= 0.6 is 0 Å². The third kappa shape index (κ3) is 22.0. The Morgan fingerprint density at radius 2 is 0.844 bits per heavy atom. The fraction of sp³-hybridized carbons (Fsp3) is 0.257. The molecule has 0 saturated carbocycles. The molecule has 0 aliphatic heterocycles. The molecule has 4 aromatic carbocycles. The number of nitro groups is 2. The van der Waals surface area contributed by atoms with Gasteiger partial charge in [-0.1, -0.05) is 37.5 Å². The van der Waals surface area contributed by atoms with E-state index in [1.165, 1.54) is 23.0 Å². The number of nitro benzene ring substituents is 2. The van der Waals surface area contributed by atoms with Crippen LogP contribution in [0.3, 0.4) is 0 Å². The zero-order valence-electron chi connectivity index (χ0n) is 60.1. The van der Waals surface area contributed by atoms with Crippen LogP contribution in [0.5, 0.6) is 23.3 Å². The predicted octanol–water partition coefficient (Wildman–Crippen LogP) is 6.91. The molecular formula is C70H73FeN20O18. The van der Waals surface area contributed by atoms with Crippen molar-refractivity contribution in [2.24, 2.45) is 40.9 Å².